The molecule has 0 aliphatic carbocycles. The lowest BCUT2D eigenvalue weighted by Gasteiger charge is -2.10. The third kappa shape index (κ3) is 2.83. The summed E-state index contributed by atoms with van der Waals surface area (Å²) in [4.78, 5) is 21.5. The van der Waals surface area contributed by atoms with Crippen LogP contribution < -0.4 is 5.32 Å². The number of thioether (sulfide) groups is 1. The fourth-order valence-electron chi connectivity index (χ4n) is 1.05. The lowest BCUT2D eigenvalue weighted by Crippen LogP contribution is -2.41. The molecular formula is C7H9F2NO3S. The van der Waals surface area contributed by atoms with E-state index in [4.69, 9.17) is 5.11 Å². The van der Waals surface area contributed by atoms with E-state index >= 15 is 0 Å². The molecule has 4 nitrogen and oxygen atoms in total. The van der Waals surface area contributed by atoms with Crippen molar-refractivity contribution in [1.82, 2.24) is 5.32 Å². The highest BCUT2D eigenvalue weighted by atomic mass is 32.2. The van der Waals surface area contributed by atoms with E-state index < -0.39 is 29.6 Å². The minimum absolute atomic E-state index is 0.0178. The maximum atomic E-state index is 12.3. The Hall–Kier alpha value is -0.850. The van der Waals surface area contributed by atoms with Crippen LogP contribution in [0.25, 0.3) is 0 Å². The topological polar surface area (TPSA) is 66.4 Å². The van der Waals surface area contributed by atoms with Crippen LogP contribution in [0.1, 0.15) is 6.42 Å². The largest absolute Gasteiger partial charge is 0.480 e. The van der Waals surface area contributed by atoms with E-state index in [9.17, 15) is 18.4 Å². The Morgan fingerprint density at radius 2 is 2.29 bits per heavy atom. The minimum atomic E-state index is -2.60. The summed E-state index contributed by atoms with van der Waals surface area (Å²) in [6, 6.07) is -1.06. The number of carbonyl (C=O) groups excluding carboxylic acids is 1. The van der Waals surface area contributed by atoms with E-state index in [2.05, 4.69) is 5.32 Å². The lowest BCUT2D eigenvalue weighted by atomic mass is 10.2. The third-order valence-corrected chi connectivity index (χ3v) is 3.10. The van der Waals surface area contributed by atoms with Crippen LogP contribution in [0.15, 0.2) is 0 Å². The first kappa shape index (κ1) is 11.2. The summed E-state index contributed by atoms with van der Waals surface area (Å²) in [6.45, 7) is 0. The van der Waals surface area contributed by atoms with Crippen molar-refractivity contribution in [2.45, 2.75) is 24.1 Å². The molecule has 0 saturated carbocycles. The van der Waals surface area contributed by atoms with Gasteiger partial charge in [-0.2, -0.15) is 0 Å². The number of nitrogens with one attached hydrogen (secondary N) is 1. The Morgan fingerprint density at radius 3 is 2.79 bits per heavy atom. The molecule has 1 amide bonds. The Labute approximate surface area is 83.0 Å². The van der Waals surface area contributed by atoms with Crippen molar-refractivity contribution in [2.75, 3.05) is 5.75 Å². The SMILES string of the molecule is O=C1CC(C(F)F)SCC(C(=O)O)N1. The van der Waals surface area contributed by atoms with Gasteiger partial charge in [-0.05, 0) is 0 Å². The molecule has 2 N–H and O–H groups in total. The van der Waals surface area contributed by atoms with Gasteiger partial charge in [0.05, 0.1) is 5.25 Å². The van der Waals surface area contributed by atoms with E-state index in [0.717, 1.165) is 11.8 Å². The molecule has 1 saturated heterocycles. The van der Waals surface area contributed by atoms with Crippen LogP contribution in [0.4, 0.5) is 8.78 Å². The average molecular weight is 225 g/mol. The van der Waals surface area contributed by atoms with Crippen LogP contribution in [0, 0.1) is 0 Å². The summed E-state index contributed by atoms with van der Waals surface area (Å²) in [5.74, 6) is -1.84. The molecule has 1 fully saturated rings. The summed E-state index contributed by atoms with van der Waals surface area (Å²) in [5.41, 5.74) is 0. The van der Waals surface area contributed by atoms with E-state index in [0.29, 0.717) is 0 Å². The molecule has 0 aromatic carbocycles. The monoisotopic (exact) mass is 225 g/mol. The number of halogens is 2. The fraction of sp³-hybridized carbons (Fsp3) is 0.714. The van der Waals surface area contributed by atoms with Gasteiger partial charge in [-0.15, -0.1) is 11.8 Å². The van der Waals surface area contributed by atoms with Crippen LogP contribution in [0.5, 0.6) is 0 Å². The zero-order chi connectivity index (χ0) is 10.7. The molecule has 2 atom stereocenters. The summed E-state index contributed by atoms with van der Waals surface area (Å²) in [5, 5.41) is 9.66. The molecule has 1 heterocycles. The number of carbonyl (C=O) groups is 2. The van der Waals surface area contributed by atoms with Gasteiger partial charge in [0.15, 0.2) is 0 Å². The van der Waals surface area contributed by atoms with Gasteiger partial charge in [-0.25, -0.2) is 13.6 Å². The molecule has 0 aromatic heterocycles. The molecule has 14 heavy (non-hydrogen) atoms. The van der Waals surface area contributed by atoms with Gasteiger partial charge < -0.3 is 10.4 Å². The highest BCUT2D eigenvalue weighted by molar-refractivity contribution is 8.00. The standard InChI is InChI=1S/C7H9F2NO3S/c8-6(9)4-1-5(11)10-3(2-14-4)7(12)13/h3-4,6H,1-2H2,(H,10,11)(H,12,13). The zero-order valence-corrected chi connectivity index (χ0v) is 7.89. The molecule has 0 spiro atoms. The number of amides is 1. The molecular weight excluding hydrogens is 216 g/mol. The molecule has 1 rings (SSSR count). The molecule has 2 unspecified atom stereocenters. The van der Waals surface area contributed by atoms with Crippen molar-refractivity contribution in [1.29, 1.82) is 0 Å². The Morgan fingerprint density at radius 1 is 1.64 bits per heavy atom. The normalized spacial score (nSPS) is 28.4. The highest BCUT2D eigenvalue weighted by Crippen LogP contribution is 2.24. The van der Waals surface area contributed by atoms with E-state index in [1.807, 2.05) is 0 Å². The average Bonchev–Trinajstić information content (AvgIpc) is 2.26. The van der Waals surface area contributed by atoms with Gasteiger partial charge in [0.25, 0.3) is 6.43 Å². The van der Waals surface area contributed by atoms with Gasteiger partial charge in [0.1, 0.15) is 6.04 Å². The number of hydrogen-bond acceptors (Lipinski definition) is 3. The maximum Gasteiger partial charge on any atom is 0.327 e. The van der Waals surface area contributed by atoms with Crippen LogP contribution in [0.2, 0.25) is 0 Å². The van der Waals surface area contributed by atoms with Gasteiger partial charge in [-0.3, -0.25) is 4.79 Å². The van der Waals surface area contributed by atoms with Gasteiger partial charge in [0.2, 0.25) is 5.91 Å². The number of hydrogen-bond donors (Lipinski definition) is 2. The summed E-state index contributed by atoms with van der Waals surface area (Å²) >= 11 is 0.818. The van der Waals surface area contributed by atoms with Crippen LogP contribution in [-0.4, -0.2) is 40.5 Å². The van der Waals surface area contributed by atoms with Crippen molar-refractivity contribution >= 4 is 23.6 Å². The fourth-order valence-corrected chi connectivity index (χ4v) is 2.13. The summed E-state index contributed by atoms with van der Waals surface area (Å²) in [6.07, 6.45) is -2.93. The number of alkyl halides is 2. The van der Waals surface area contributed by atoms with Crippen molar-refractivity contribution in [3.8, 4) is 0 Å². The molecule has 80 valence electrons. The van der Waals surface area contributed by atoms with Crippen molar-refractivity contribution in [2.24, 2.45) is 0 Å². The number of carboxylic acids is 1. The number of rotatable bonds is 2. The Balaban J connectivity index is 2.62. The first-order valence-electron chi connectivity index (χ1n) is 3.92. The molecule has 7 heteroatoms. The zero-order valence-electron chi connectivity index (χ0n) is 7.07. The first-order valence-corrected chi connectivity index (χ1v) is 4.97. The van der Waals surface area contributed by atoms with Gasteiger partial charge in [-0.1, -0.05) is 0 Å². The van der Waals surface area contributed by atoms with Gasteiger partial charge >= 0.3 is 5.97 Å². The highest BCUT2D eigenvalue weighted by Gasteiger charge is 2.32. The predicted octanol–water partition coefficient (Wildman–Crippen LogP) is 0.326. The van der Waals surface area contributed by atoms with Crippen molar-refractivity contribution < 1.29 is 23.5 Å². The second-order valence-corrected chi connectivity index (χ2v) is 4.14. The van der Waals surface area contributed by atoms with Gasteiger partial charge in [0, 0.05) is 12.2 Å². The quantitative estimate of drug-likeness (QED) is 0.710. The Kier molecular flexibility index (Phi) is 3.68. The molecule has 0 bridgehead atoms. The Bertz CT molecular complexity index is 249. The number of carboxylic acid groups (broad SMARTS) is 1. The minimum Gasteiger partial charge on any atom is -0.480 e. The van der Waals surface area contributed by atoms with E-state index in [1.54, 1.807) is 0 Å². The summed E-state index contributed by atoms with van der Waals surface area (Å²) in [7, 11) is 0. The summed E-state index contributed by atoms with van der Waals surface area (Å²) < 4.78 is 24.5. The van der Waals surface area contributed by atoms with Crippen LogP contribution in [-0.2, 0) is 9.59 Å². The second kappa shape index (κ2) is 4.59. The van der Waals surface area contributed by atoms with Crippen molar-refractivity contribution in [3.05, 3.63) is 0 Å². The number of aliphatic carboxylic acids is 1. The molecule has 1 aliphatic heterocycles. The third-order valence-electron chi connectivity index (χ3n) is 1.78. The molecule has 0 radical (unpaired) electrons. The predicted molar refractivity (Wildman–Crippen MR) is 46.4 cm³/mol. The molecule has 1 aliphatic rings. The van der Waals surface area contributed by atoms with E-state index in [1.165, 1.54) is 0 Å². The van der Waals surface area contributed by atoms with Crippen LogP contribution in [0.3, 0.4) is 0 Å². The van der Waals surface area contributed by atoms with Crippen molar-refractivity contribution in [3.63, 3.8) is 0 Å². The molecule has 0 aromatic rings. The maximum absolute atomic E-state index is 12.3. The van der Waals surface area contributed by atoms with Crippen LogP contribution >= 0.6 is 11.8 Å². The first-order chi connectivity index (χ1) is 6.50. The van der Waals surface area contributed by atoms with E-state index in [-0.39, 0.29) is 12.2 Å². The smallest absolute Gasteiger partial charge is 0.327 e. The lowest BCUT2D eigenvalue weighted by molar-refractivity contribution is -0.141. The second-order valence-electron chi connectivity index (χ2n) is 2.87.